The van der Waals surface area contributed by atoms with Gasteiger partial charge in [0.25, 0.3) is 5.91 Å². The summed E-state index contributed by atoms with van der Waals surface area (Å²) in [4.78, 5) is 17.2. The Kier molecular flexibility index (Phi) is 3.38. The Labute approximate surface area is 133 Å². The minimum atomic E-state index is -0.242. The second-order valence-electron chi connectivity index (χ2n) is 5.60. The third kappa shape index (κ3) is 2.85. The van der Waals surface area contributed by atoms with E-state index in [2.05, 4.69) is 15.5 Å². The smallest absolute Gasteiger partial charge is 0.272 e. The fourth-order valence-electron chi connectivity index (χ4n) is 2.55. The molecule has 0 atom stereocenters. The number of fused-ring (bicyclic) bond motifs is 1. The molecular formula is C18H15N3O2. The Hall–Kier alpha value is -2.95. The summed E-state index contributed by atoms with van der Waals surface area (Å²) in [6, 6.07) is 13.1. The first kappa shape index (κ1) is 13.7. The molecular weight excluding hydrogens is 290 g/mol. The SMILES string of the molecule is O=C(N/N=C\c1ccco1)c1cc(C2CC2)nc2ccccc12. The van der Waals surface area contributed by atoms with Crippen molar-refractivity contribution in [2.75, 3.05) is 0 Å². The van der Waals surface area contributed by atoms with Crippen LogP contribution in [0, 0.1) is 0 Å². The Morgan fingerprint density at radius 3 is 2.91 bits per heavy atom. The highest BCUT2D eigenvalue weighted by Crippen LogP contribution is 2.40. The lowest BCUT2D eigenvalue weighted by atomic mass is 10.1. The number of benzene rings is 1. The van der Waals surface area contributed by atoms with Gasteiger partial charge in [-0.3, -0.25) is 9.78 Å². The normalized spacial score (nSPS) is 14.4. The van der Waals surface area contributed by atoms with Crippen molar-refractivity contribution in [2.45, 2.75) is 18.8 Å². The van der Waals surface area contributed by atoms with Crippen LogP contribution in [0.5, 0.6) is 0 Å². The summed E-state index contributed by atoms with van der Waals surface area (Å²) in [5, 5.41) is 4.78. The van der Waals surface area contributed by atoms with Crippen molar-refractivity contribution >= 4 is 23.0 Å². The minimum Gasteiger partial charge on any atom is -0.463 e. The van der Waals surface area contributed by atoms with Crippen molar-refractivity contribution in [3.63, 3.8) is 0 Å². The van der Waals surface area contributed by atoms with E-state index in [-0.39, 0.29) is 5.91 Å². The number of amides is 1. The number of para-hydroxylation sites is 1. The molecule has 1 saturated carbocycles. The van der Waals surface area contributed by atoms with Crippen molar-refractivity contribution < 1.29 is 9.21 Å². The monoisotopic (exact) mass is 305 g/mol. The number of hydrazone groups is 1. The van der Waals surface area contributed by atoms with Gasteiger partial charge in [0.2, 0.25) is 0 Å². The van der Waals surface area contributed by atoms with Crippen LogP contribution in [-0.4, -0.2) is 17.1 Å². The maximum Gasteiger partial charge on any atom is 0.272 e. The van der Waals surface area contributed by atoms with E-state index in [0.29, 0.717) is 17.2 Å². The summed E-state index contributed by atoms with van der Waals surface area (Å²) in [5.41, 5.74) is 5.00. The molecule has 23 heavy (non-hydrogen) atoms. The van der Waals surface area contributed by atoms with Crippen molar-refractivity contribution in [1.82, 2.24) is 10.4 Å². The van der Waals surface area contributed by atoms with E-state index >= 15 is 0 Å². The molecule has 1 aliphatic carbocycles. The number of carbonyl (C=O) groups excluding carboxylic acids is 1. The second kappa shape index (κ2) is 5.68. The van der Waals surface area contributed by atoms with Crippen molar-refractivity contribution in [3.8, 4) is 0 Å². The molecule has 0 unspecified atom stereocenters. The molecule has 3 aromatic rings. The molecule has 2 aromatic heterocycles. The Morgan fingerprint density at radius 2 is 2.13 bits per heavy atom. The molecule has 0 aliphatic heterocycles. The van der Waals surface area contributed by atoms with Gasteiger partial charge in [-0.2, -0.15) is 5.10 Å². The van der Waals surface area contributed by atoms with Gasteiger partial charge in [0.1, 0.15) is 5.76 Å². The zero-order valence-corrected chi connectivity index (χ0v) is 12.4. The third-order valence-electron chi connectivity index (χ3n) is 3.88. The largest absolute Gasteiger partial charge is 0.463 e. The van der Waals surface area contributed by atoms with Crippen LogP contribution in [0.15, 0.2) is 58.2 Å². The van der Waals surface area contributed by atoms with Crippen LogP contribution < -0.4 is 5.43 Å². The molecule has 2 heterocycles. The van der Waals surface area contributed by atoms with Crippen LogP contribution in [-0.2, 0) is 0 Å². The first-order valence-electron chi connectivity index (χ1n) is 7.58. The quantitative estimate of drug-likeness (QED) is 0.593. The molecule has 1 fully saturated rings. The molecule has 5 nitrogen and oxygen atoms in total. The Morgan fingerprint density at radius 1 is 1.26 bits per heavy atom. The highest BCUT2D eigenvalue weighted by molar-refractivity contribution is 6.06. The van der Waals surface area contributed by atoms with Gasteiger partial charge in [0.05, 0.1) is 23.6 Å². The van der Waals surface area contributed by atoms with E-state index in [1.807, 2.05) is 30.3 Å². The first-order valence-corrected chi connectivity index (χ1v) is 7.58. The summed E-state index contributed by atoms with van der Waals surface area (Å²) in [7, 11) is 0. The van der Waals surface area contributed by atoms with Gasteiger partial charge in [-0.1, -0.05) is 18.2 Å². The predicted octanol–water partition coefficient (Wildman–Crippen LogP) is 3.47. The van der Waals surface area contributed by atoms with E-state index < -0.39 is 0 Å². The lowest BCUT2D eigenvalue weighted by Gasteiger charge is -2.08. The van der Waals surface area contributed by atoms with Gasteiger partial charge >= 0.3 is 0 Å². The molecule has 114 valence electrons. The second-order valence-corrected chi connectivity index (χ2v) is 5.60. The van der Waals surface area contributed by atoms with E-state index in [1.54, 1.807) is 18.4 Å². The molecule has 0 saturated heterocycles. The fraction of sp³-hybridized carbons (Fsp3) is 0.167. The standard InChI is InChI=1S/C18H15N3O2/c22-18(21-19-11-13-4-3-9-23-13)15-10-17(12-7-8-12)20-16-6-2-1-5-14(15)16/h1-6,9-12H,7-8H2,(H,21,22)/b19-11-. The molecule has 0 spiro atoms. The zero-order chi connectivity index (χ0) is 15.6. The fourth-order valence-corrected chi connectivity index (χ4v) is 2.55. The lowest BCUT2D eigenvalue weighted by molar-refractivity contribution is 0.0956. The number of rotatable bonds is 4. The number of furan rings is 1. The van der Waals surface area contributed by atoms with Crippen molar-refractivity contribution in [3.05, 3.63) is 65.7 Å². The number of hydrogen-bond acceptors (Lipinski definition) is 4. The summed E-state index contributed by atoms with van der Waals surface area (Å²) < 4.78 is 5.14. The van der Waals surface area contributed by atoms with Gasteiger partial charge in [-0.15, -0.1) is 0 Å². The van der Waals surface area contributed by atoms with Crippen LogP contribution in [0.4, 0.5) is 0 Å². The van der Waals surface area contributed by atoms with Crippen LogP contribution >= 0.6 is 0 Å². The molecule has 1 aliphatic rings. The number of aromatic nitrogens is 1. The van der Waals surface area contributed by atoms with Crippen LogP contribution in [0.1, 0.15) is 40.6 Å². The summed E-state index contributed by atoms with van der Waals surface area (Å²) in [5.74, 6) is 0.828. The number of hydrogen-bond donors (Lipinski definition) is 1. The van der Waals surface area contributed by atoms with E-state index in [0.717, 1.165) is 29.4 Å². The molecule has 5 heteroatoms. The molecule has 4 rings (SSSR count). The van der Waals surface area contributed by atoms with Gasteiger partial charge in [0.15, 0.2) is 0 Å². The minimum absolute atomic E-state index is 0.242. The average molecular weight is 305 g/mol. The van der Waals surface area contributed by atoms with Gasteiger partial charge < -0.3 is 4.42 Å². The summed E-state index contributed by atoms with van der Waals surface area (Å²) in [6.45, 7) is 0. The van der Waals surface area contributed by atoms with E-state index in [1.165, 1.54) is 6.21 Å². The maximum absolute atomic E-state index is 12.5. The Balaban J connectivity index is 1.65. The number of pyridine rings is 1. The number of nitrogens with zero attached hydrogens (tertiary/aromatic N) is 2. The van der Waals surface area contributed by atoms with Crippen LogP contribution in [0.25, 0.3) is 10.9 Å². The van der Waals surface area contributed by atoms with Crippen molar-refractivity contribution in [2.24, 2.45) is 5.10 Å². The molecule has 1 N–H and O–H groups in total. The van der Waals surface area contributed by atoms with Gasteiger partial charge in [0, 0.05) is 17.0 Å². The number of carbonyl (C=O) groups is 1. The summed E-state index contributed by atoms with van der Waals surface area (Å²) >= 11 is 0. The van der Waals surface area contributed by atoms with Crippen molar-refractivity contribution in [1.29, 1.82) is 0 Å². The summed E-state index contributed by atoms with van der Waals surface area (Å²) in [6.07, 6.45) is 5.32. The lowest BCUT2D eigenvalue weighted by Crippen LogP contribution is -2.18. The molecule has 0 bridgehead atoms. The van der Waals surface area contributed by atoms with Gasteiger partial charge in [-0.05, 0) is 37.1 Å². The first-order chi connectivity index (χ1) is 11.3. The highest BCUT2D eigenvalue weighted by Gasteiger charge is 2.26. The molecule has 0 radical (unpaired) electrons. The molecule has 1 amide bonds. The van der Waals surface area contributed by atoms with Crippen LogP contribution in [0.3, 0.4) is 0 Å². The molecule has 1 aromatic carbocycles. The maximum atomic E-state index is 12.5. The van der Waals surface area contributed by atoms with Gasteiger partial charge in [-0.25, -0.2) is 5.43 Å². The average Bonchev–Trinajstić information content (AvgIpc) is 3.31. The third-order valence-corrected chi connectivity index (χ3v) is 3.88. The highest BCUT2D eigenvalue weighted by atomic mass is 16.3. The predicted molar refractivity (Wildman–Crippen MR) is 87.5 cm³/mol. The zero-order valence-electron chi connectivity index (χ0n) is 12.4. The topological polar surface area (TPSA) is 67.5 Å². The van der Waals surface area contributed by atoms with E-state index in [9.17, 15) is 4.79 Å². The van der Waals surface area contributed by atoms with E-state index in [4.69, 9.17) is 4.42 Å². The Bertz CT molecular complexity index is 880. The van der Waals surface area contributed by atoms with Crippen LogP contribution in [0.2, 0.25) is 0 Å². The number of nitrogens with one attached hydrogen (secondary N) is 1.